The molecule has 0 aromatic carbocycles. The Morgan fingerprint density at radius 3 is 1.89 bits per heavy atom. The van der Waals surface area contributed by atoms with Crippen LogP contribution in [-0.4, -0.2) is 33.8 Å². The largest absolute Gasteiger partial charge is 0.394 e. The van der Waals surface area contributed by atoms with E-state index in [9.17, 15) is 9.90 Å². The Kier molecular flexibility index (Phi) is 20.3. The number of aliphatic hydroxyl groups is 2. The fourth-order valence-electron chi connectivity index (χ4n) is 2.24. The van der Waals surface area contributed by atoms with Crippen molar-refractivity contribution in [2.45, 2.75) is 77.2 Å². The first kappa shape index (κ1) is 25.9. The molecule has 0 heterocycles. The lowest BCUT2D eigenvalue weighted by Gasteiger charge is -2.04. The molecule has 0 aliphatic carbocycles. The third kappa shape index (κ3) is 21.1. The summed E-state index contributed by atoms with van der Waals surface area (Å²) in [5.74, 6) is 0.277. The summed E-state index contributed by atoms with van der Waals surface area (Å²) in [6.45, 7) is 1.94. The molecule has 0 bridgehead atoms. The van der Waals surface area contributed by atoms with Gasteiger partial charge < -0.3 is 10.2 Å². The Balaban J connectivity index is 3.49. The van der Waals surface area contributed by atoms with E-state index in [1.807, 2.05) is 0 Å². The predicted octanol–water partition coefficient (Wildman–Crippen LogP) is 5.75. The highest BCUT2D eigenvalue weighted by Crippen LogP contribution is 2.10. The standard InChI is InChI=1S/C23H38O3S/c1-2-3-4-5-6-7-8-9-10-11-12-13-14-15-16-17-18-19-23(26)27-21-22(25)20-24/h6-7,9-10,12-13,15-16,22,24-25H,2-5,8,11,14,17-21H2,1H3/b7-6-,10-9-,13-12-,16-15-/t22-/m1/s1. The van der Waals surface area contributed by atoms with Gasteiger partial charge in [0.2, 0.25) is 0 Å². The summed E-state index contributed by atoms with van der Waals surface area (Å²) in [4.78, 5) is 11.5. The highest BCUT2D eigenvalue weighted by Gasteiger charge is 2.07. The van der Waals surface area contributed by atoms with Crippen LogP contribution in [0.25, 0.3) is 0 Å². The second-order valence-corrected chi connectivity index (χ2v) is 7.58. The molecule has 27 heavy (non-hydrogen) atoms. The van der Waals surface area contributed by atoms with Gasteiger partial charge in [-0.2, -0.15) is 0 Å². The number of rotatable bonds is 17. The molecule has 0 aromatic rings. The number of unbranched alkanes of at least 4 members (excludes halogenated alkanes) is 4. The maximum absolute atomic E-state index is 11.5. The highest BCUT2D eigenvalue weighted by molar-refractivity contribution is 8.13. The normalized spacial score (nSPS) is 13.6. The average molecular weight is 395 g/mol. The fourth-order valence-corrected chi connectivity index (χ4v) is 3.01. The number of allylic oxidation sites excluding steroid dienone is 8. The highest BCUT2D eigenvalue weighted by atomic mass is 32.2. The first-order valence-electron chi connectivity index (χ1n) is 10.2. The van der Waals surface area contributed by atoms with Gasteiger partial charge in [-0.05, 0) is 44.9 Å². The number of aliphatic hydroxyl groups excluding tert-OH is 2. The zero-order valence-corrected chi connectivity index (χ0v) is 17.7. The summed E-state index contributed by atoms with van der Waals surface area (Å²) in [7, 11) is 0. The van der Waals surface area contributed by atoms with Gasteiger partial charge >= 0.3 is 0 Å². The van der Waals surface area contributed by atoms with Crippen LogP contribution >= 0.6 is 11.8 Å². The summed E-state index contributed by atoms with van der Waals surface area (Å²) < 4.78 is 0. The zero-order valence-electron chi connectivity index (χ0n) is 16.9. The Bertz CT molecular complexity index is 453. The Morgan fingerprint density at radius 2 is 1.37 bits per heavy atom. The molecule has 4 heteroatoms. The lowest BCUT2D eigenvalue weighted by Crippen LogP contribution is -2.15. The van der Waals surface area contributed by atoms with E-state index in [1.165, 1.54) is 25.7 Å². The van der Waals surface area contributed by atoms with E-state index in [4.69, 9.17) is 5.11 Å². The molecular formula is C23H38O3S. The van der Waals surface area contributed by atoms with Gasteiger partial charge in [0.15, 0.2) is 5.12 Å². The van der Waals surface area contributed by atoms with Crippen LogP contribution in [0.2, 0.25) is 0 Å². The van der Waals surface area contributed by atoms with Gasteiger partial charge in [-0.1, -0.05) is 80.1 Å². The second kappa shape index (κ2) is 21.2. The summed E-state index contributed by atoms with van der Waals surface area (Å²) in [6, 6.07) is 0. The molecule has 3 nitrogen and oxygen atoms in total. The summed E-state index contributed by atoms with van der Waals surface area (Å²) in [5, 5.41) is 17.9. The van der Waals surface area contributed by atoms with Crippen molar-refractivity contribution in [1.29, 1.82) is 0 Å². The molecule has 0 aromatic heterocycles. The summed E-state index contributed by atoms with van der Waals surface area (Å²) >= 11 is 1.10. The van der Waals surface area contributed by atoms with Crippen LogP contribution in [0.15, 0.2) is 48.6 Å². The number of thioether (sulfide) groups is 1. The number of carbonyl (C=O) groups excluding carboxylic acids is 1. The zero-order chi connectivity index (χ0) is 20.0. The SMILES string of the molecule is CCCCC/C=C\C/C=C\C/C=C\C/C=C\CCCC(=O)SC[C@H](O)CO. The molecule has 0 saturated carbocycles. The van der Waals surface area contributed by atoms with Crippen molar-refractivity contribution in [3.63, 3.8) is 0 Å². The molecule has 0 rings (SSSR count). The van der Waals surface area contributed by atoms with Crippen molar-refractivity contribution in [3.05, 3.63) is 48.6 Å². The van der Waals surface area contributed by atoms with Crippen LogP contribution in [-0.2, 0) is 4.79 Å². The van der Waals surface area contributed by atoms with Gasteiger partial charge in [-0.3, -0.25) is 4.79 Å². The van der Waals surface area contributed by atoms with Crippen LogP contribution < -0.4 is 0 Å². The van der Waals surface area contributed by atoms with Crippen LogP contribution in [0.5, 0.6) is 0 Å². The van der Waals surface area contributed by atoms with Gasteiger partial charge in [-0.15, -0.1) is 0 Å². The van der Waals surface area contributed by atoms with E-state index in [2.05, 4.69) is 55.5 Å². The topological polar surface area (TPSA) is 57.5 Å². The molecular weight excluding hydrogens is 356 g/mol. The second-order valence-electron chi connectivity index (χ2n) is 6.50. The van der Waals surface area contributed by atoms with E-state index in [1.54, 1.807) is 0 Å². The molecule has 2 N–H and O–H groups in total. The molecule has 0 unspecified atom stereocenters. The fraction of sp³-hybridized carbons (Fsp3) is 0.609. The van der Waals surface area contributed by atoms with Gasteiger partial charge in [0.25, 0.3) is 0 Å². The summed E-state index contributed by atoms with van der Waals surface area (Å²) in [5.41, 5.74) is 0. The molecule has 0 aliphatic rings. The first-order chi connectivity index (χ1) is 13.2. The molecule has 0 fully saturated rings. The van der Waals surface area contributed by atoms with Crippen molar-refractivity contribution in [2.24, 2.45) is 0 Å². The molecule has 0 radical (unpaired) electrons. The smallest absolute Gasteiger partial charge is 0.189 e. The molecule has 0 saturated heterocycles. The van der Waals surface area contributed by atoms with E-state index >= 15 is 0 Å². The Labute approximate surface area is 170 Å². The van der Waals surface area contributed by atoms with Gasteiger partial charge in [0.05, 0.1) is 12.7 Å². The molecule has 0 spiro atoms. The minimum Gasteiger partial charge on any atom is -0.394 e. The maximum atomic E-state index is 11.5. The quantitative estimate of drug-likeness (QED) is 0.244. The van der Waals surface area contributed by atoms with Gasteiger partial charge in [-0.25, -0.2) is 0 Å². The van der Waals surface area contributed by atoms with E-state index in [0.29, 0.717) is 6.42 Å². The van der Waals surface area contributed by atoms with Gasteiger partial charge in [0, 0.05) is 12.2 Å². The number of carbonyl (C=O) groups is 1. The molecule has 0 amide bonds. The first-order valence-corrected chi connectivity index (χ1v) is 11.2. The van der Waals surface area contributed by atoms with Crippen molar-refractivity contribution in [3.8, 4) is 0 Å². The van der Waals surface area contributed by atoms with Crippen molar-refractivity contribution in [1.82, 2.24) is 0 Å². The minimum atomic E-state index is -0.799. The predicted molar refractivity (Wildman–Crippen MR) is 119 cm³/mol. The molecule has 154 valence electrons. The van der Waals surface area contributed by atoms with Crippen LogP contribution in [0.1, 0.15) is 71.1 Å². The lowest BCUT2D eigenvalue weighted by molar-refractivity contribution is -0.111. The minimum absolute atomic E-state index is 0.0818. The van der Waals surface area contributed by atoms with Crippen LogP contribution in [0, 0.1) is 0 Å². The van der Waals surface area contributed by atoms with E-state index in [0.717, 1.165) is 43.9 Å². The van der Waals surface area contributed by atoms with E-state index < -0.39 is 6.10 Å². The Morgan fingerprint density at radius 1 is 0.852 bits per heavy atom. The monoisotopic (exact) mass is 394 g/mol. The number of hydrogen-bond donors (Lipinski definition) is 2. The average Bonchev–Trinajstić information content (AvgIpc) is 2.68. The van der Waals surface area contributed by atoms with Crippen molar-refractivity contribution in [2.75, 3.05) is 12.4 Å². The van der Waals surface area contributed by atoms with E-state index in [-0.39, 0.29) is 17.5 Å². The molecule has 1 atom stereocenters. The third-order valence-electron chi connectivity index (χ3n) is 3.86. The number of hydrogen-bond acceptors (Lipinski definition) is 4. The van der Waals surface area contributed by atoms with Crippen LogP contribution in [0.3, 0.4) is 0 Å². The van der Waals surface area contributed by atoms with Crippen molar-refractivity contribution < 1.29 is 15.0 Å². The molecule has 0 aliphatic heterocycles. The van der Waals surface area contributed by atoms with Gasteiger partial charge in [0.1, 0.15) is 0 Å². The van der Waals surface area contributed by atoms with Crippen molar-refractivity contribution >= 4 is 16.9 Å². The summed E-state index contributed by atoms with van der Waals surface area (Å²) in [6.07, 6.45) is 27.0. The van der Waals surface area contributed by atoms with Crippen LogP contribution in [0.4, 0.5) is 0 Å². The Hall–Kier alpha value is -1.10. The third-order valence-corrected chi connectivity index (χ3v) is 4.93. The maximum Gasteiger partial charge on any atom is 0.189 e. The lowest BCUT2D eigenvalue weighted by atomic mass is 10.2.